The maximum atomic E-state index is 13.6. The third-order valence-corrected chi connectivity index (χ3v) is 4.84. The van der Waals surface area contributed by atoms with Crippen LogP contribution in [-0.4, -0.2) is 24.5 Å². The highest BCUT2D eigenvalue weighted by molar-refractivity contribution is 6.01. The molecule has 1 aliphatic heterocycles. The molecule has 0 saturated heterocycles. The highest BCUT2D eigenvalue weighted by Gasteiger charge is 2.52. The first-order valence-corrected chi connectivity index (χ1v) is 9.33. The van der Waals surface area contributed by atoms with E-state index in [0.717, 1.165) is 0 Å². The molecule has 0 fully saturated rings. The second-order valence-corrected chi connectivity index (χ2v) is 6.81. The van der Waals surface area contributed by atoms with Crippen molar-refractivity contribution in [3.8, 4) is 11.5 Å². The summed E-state index contributed by atoms with van der Waals surface area (Å²) in [4.78, 5) is 25.7. The van der Waals surface area contributed by atoms with E-state index in [4.69, 9.17) is 14.2 Å². The summed E-state index contributed by atoms with van der Waals surface area (Å²) in [6, 6.07) is 25.0. The Hall–Kier alpha value is -3.60. The summed E-state index contributed by atoms with van der Waals surface area (Å²) in [5.74, 6) is 0.0870. The maximum absolute atomic E-state index is 13.6. The Morgan fingerprint density at radius 3 is 2.10 bits per heavy atom. The molecule has 0 aromatic heterocycles. The second kappa shape index (κ2) is 7.80. The summed E-state index contributed by atoms with van der Waals surface area (Å²) < 4.78 is 18.0. The zero-order valence-corrected chi connectivity index (χ0v) is 15.9. The number of carbonyl (C=O) groups is 2. The fourth-order valence-corrected chi connectivity index (χ4v) is 3.52. The van der Waals surface area contributed by atoms with Gasteiger partial charge in [0.2, 0.25) is 17.5 Å². The molecular weight excluding hydrogens is 368 g/mol. The lowest BCUT2D eigenvalue weighted by Gasteiger charge is -2.36. The first kappa shape index (κ1) is 18.7. The van der Waals surface area contributed by atoms with E-state index in [2.05, 4.69) is 0 Å². The number of para-hydroxylation sites is 2. The summed E-state index contributed by atoms with van der Waals surface area (Å²) >= 11 is 0. The molecule has 2 atom stereocenters. The molecule has 1 heterocycles. The van der Waals surface area contributed by atoms with Crippen LogP contribution >= 0.6 is 0 Å². The number of benzene rings is 3. The summed E-state index contributed by atoms with van der Waals surface area (Å²) in [5.41, 5.74) is -0.361. The van der Waals surface area contributed by atoms with E-state index in [-0.39, 0.29) is 12.4 Å². The van der Waals surface area contributed by atoms with Gasteiger partial charge in [-0.15, -0.1) is 0 Å². The second-order valence-electron chi connectivity index (χ2n) is 6.81. The number of hydrogen-bond acceptors (Lipinski definition) is 5. The zero-order chi connectivity index (χ0) is 20.3. The SMILES string of the molecule is CC(=O)O[C@@]1(c2ccccc2)COc2ccccc2O[C@H]1C(=O)c1ccccc1. The predicted octanol–water partition coefficient (Wildman–Crippen LogP) is 4.17. The van der Waals surface area contributed by atoms with Gasteiger partial charge in [-0.2, -0.15) is 0 Å². The van der Waals surface area contributed by atoms with Gasteiger partial charge < -0.3 is 14.2 Å². The van der Waals surface area contributed by atoms with Crippen LogP contribution in [0.15, 0.2) is 84.9 Å². The maximum Gasteiger partial charge on any atom is 0.303 e. The Balaban J connectivity index is 1.90. The van der Waals surface area contributed by atoms with Gasteiger partial charge in [0.05, 0.1) is 0 Å². The number of esters is 1. The normalized spacial score (nSPS) is 20.4. The van der Waals surface area contributed by atoms with Crippen LogP contribution in [0.25, 0.3) is 0 Å². The first-order valence-electron chi connectivity index (χ1n) is 9.33. The van der Waals surface area contributed by atoms with Gasteiger partial charge in [0, 0.05) is 18.1 Å². The highest BCUT2D eigenvalue weighted by Crippen LogP contribution is 2.41. The van der Waals surface area contributed by atoms with E-state index >= 15 is 0 Å². The standard InChI is InChI=1S/C24H20O5/c1-17(25)29-24(19-12-6-3-7-13-19)16-27-20-14-8-9-15-21(20)28-23(24)22(26)18-10-4-2-5-11-18/h2-15,23H,16H2,1H3/t23-,24+/m0/s1. The van der Waals surface area contributed by atoms with Crippen molar-refractivity contribution in [1.82, 2.24) is 0 Å². The molecule has 3 aromatic carbocycles. The van der Waals surface area contributed by atoms with Gasteiger partial charge in [-0.1, -0.05) is 72.8 Å². The van der Waals surface area contributed by atoms with Crippen molar-refractivity contribution in [1.29, 1.82) is 0 Å². The average molecular weight is 388 g/mol. The Labute approximate surface area is 168 Å². The Bertz CT molecular complexity index is 1020. The Kier molecular flexibility index (Phi) is 5.04. The minimum Gasteiger partial charge on any atom is -0.485 e. The van der Waals surface area contributed by atoms with Crippen molar-refractivity contribution in [3.05, 3.63) is 96.1 Å². The number of fused-ring (bicyclic) bond motifs is 1. The van der Waals surface area contributed by atoms with Crippen molar-refractivity contribution in [2.45, 2.75) is 18.6 Å². The lowest BCUT2D eigenvalue weighted by molar-refractivity contribution is -0.170. The summed E-state index contributed by atoms with van der Waals surface area (Å²) in [6.45, 7) is 1.25. The van der Waals surface area contributed by atoms with E-state index in [9.17, 15) is 9.59 Å². The summed E-state index contributed by atoms with van der Waals surface area (Å²) in [7, 11) is 0. The van der Waals surface area contributed by atoms with Gasteiger partial charge in [0.25, 0.3) is 0 Å². The lowest BCUT2D eigenvalue weighted by atomic mass is 9.84. The van der Waals surface area contributed by atoms with E-state index < -0.39 is 17.7 Å². The van der Waals surface area contributed by atoms with Crippen molar-refractivity contribution < 1.29 is 23.8 Å². The third kappa shape index (κ3) is 3.59. The number of rotatable bonds is 4. The predicted molar refractivity (Wildman–Crippen MR) is 107 cm³/mol. The molecular formula is C24H20O5. The van der Waals surface area contributed by atoms with Crippen molar-refractivity contribution >= 4 is 11.8 Å². The van der Waals surface area contributed by atoms with Crippen LogP contribution in [0.3, 0.4) is 0 Å². The van der Waals surface area contributed by atoms with Crippen LogP contribution in [0, 0.1) is 0 Å². The number of ether oxygens (including phenoxy) is 3. The molecule has 0 unspecified atom stereocenters. The summed E-state index contributed by atoms with van der Waals surface area (Å²) in [6.07, 6.45) is -1.13. The number of ketones is 1. The fraction of sp³-hybridized carbons (Fsp3) is 0.167. The molecule has 5 heteroatoms. The monoisotopic (exact) mass is 388 g/mol. The van der Waals surface area contributed by atoms with Crippen molar-refractivity contribution in [2.24, 2.45) is 0 Å². The van der Waals surface area contributed by atoms with Crippen molar-refractivity contribution in [3.63, 3.8) is 0 Å². The molecule has 3 aromatic rings. The lowest BCUT2D eigenvalue weighted by Crippen LogP contribution is -2.53. The van der Waals surface area contributed by atoms with Gasteiger partial charge >= 0.3 is 5.97 Å². The van der Waals surface area contributed by atoms with E-state index in [0.29, 0.717) is 22.6 Å². The van der Waals surface area contributed by atoms with Crippen LogP contribution in [0.1, 0.15) is 22.8 Å². The largest absolute Gasteiger partial charge is 0.485 e. The highest BCUT2D eigenvalue weighted by atomic mass is 16.6. The van der Waals surface area contributed by atoms with E-state index in [1.165, 1.54) is 6.92 Å². The van der Waals surface area contributed by atoms with Crippen molar-refractivity contribution in [2.75, 3.05) is 6.61 Å². The summed E-state index contributed by atoms with van der Waals surface area (Å²) in [5, 5.41) is 0. The molecule has 0 aliphatic carbocycles. The molecule has 0 bridgehead atoms. The van der Waals surface area contributed by atoms with Gasteiger partial charge in [0.15, 0.2) is 11.5 Å². The Morgan fingerprint density at radius 2 is 1.45 bits per heavy atom. The van der Waals surface area contributed by atoms with E-state index in [1.54, 1.807) is 54.6 Å². The Morgan fingerprint density at radius 1 is 0.862 bits per heavy atom. The smallest absolute Gasteiger partial charge is 0.303 e. The van der Waals surface area contributed by atoms with Gasteiger partial charge in [-0.25, -0.2) is 0 Å². The van der Waals surface area contributed by atoms with Crippen LogP contribution in [0.2, 0.25) is 0 Å². The minimum atomic E-state index is -1.45. The van der Waals surface area contributed by atoms with Gasteiger partial charge in [-0.3, -0.25) is 9.59 Å². The quantitative estimate of drug-likeness (QED) is 0.496. The van der Waals surface area contributed by atoms with Crippen LogP contribution < -0.4 is 9.47 Å². The molecule has 0 radical (unpaired) electrons. The number of carbonyl (C=O) groups excluding carboxylic acids is 2. The molecule has 0 amide bonds. The topological polar surface area (TPSA) is 61.8 Å². The van der Waals surface area contributed by atoms with Gasteiger partial charge in [0.1, 0.15) is 6.61 Å². The third-order valence-electron chi connectivity index (χ3n) is 4.84. The molecule has 146 valence electrons. The molecule has 0 saturated carbocycles. The van der Waals surface area contributed by atoms with Crippen LogP contribution in [-0.2, 0) is 15.1 Å². The van der Waals surface area contributed by atoms with Gasteiger partial charge in [-0.05, 0) is 12.1 Å². The molecule has 5 nitrogen and oxygen atoms in total. The number of hydrogen-bond donors (Lipinski definition) is 0. The van der Waals surface area contributed by atoms with E-state index in [1.807, 2.05) is 30.3 Å². The number of Topliss-reactive ketones (excluding diaryl/α,β-unsaturated/α-hetero) is 1. The molecule has 0 spiro atoms. The molecule has 0 N–H and O–H groups in total. The van der Waals surface area contributed by atoms with Crippen LogP contribution in [0.5, 0.6) is 11.5 Å². The molecule has 29 heavy (non-hydrogen) atoms. The molecule has 4 rings (SSSR count). The molecule has 1 aliphatic rings. The minimum absolute atomic E-state index is 0.0587. The zero-order valence-electron chi connectivity index (χ0n) is 15.9. The fourth-order valence-electron chi connectivity index (χ4n) is 3.52. The van der Waals surface area contributed by atoms with Crippen LogP contribution in [0.4, 0.5) is 0 Å². The first-order chi connectivity index (χ1) is 14.1. The average Bonchev–Trinajstić information content (AvgIpc) is 2.92.